The molecule has 5 nitrogen and oxygen atoms in total. The Labute approximate surface area is 171 Å². The highest BCUT2D eigenvalue weighted by atomic mass is 32.2. The minimum atomic E-state index is 0.114. The lowest BCUT2D eigenvalue weighted by Gasteiger charge is -2.09. The fourth-order valence-electron chi connectivity index (χ4n) is 2.81. The van der Waals surface area contributed by atoms with Gasteiger partial charge in [0, 0.05) is 4.88 Å². The number of thioether (sulfide) groups is 1. The molecule has 7 heteroatoms. The van der Waals surface area contributed by atoms with E-state index in [1.807, 2.05) is 47.0 Å². The van der Waals surface area contributed by atoms with Gasteiger partial charge in [0.1, 0.15) is 0 Å². The van der Waals surface area contributed by atoms with E-state index in [1.54, 1.807) is 17.6 Å². The number of furan rings is 1. The van der Waals surface area contributed by atoms with Crippen LogP contribution in [0, 0.1) is 0 Å². The molecule has 0 saturated carbocycles. The predicted octanol–water partition coefficient (Wildman–Crippen LogP) is 5.19. The smallest absolute Gasteiger partial charge is 0.200 e. The van der Waals surface area contributed by atoms with Crippen molar-refractivity contribution >= 4 is 28.9 Å². The molecule has 1 aromatic carbocycles. The number of benzene rings is 1. The van der Waals surface area contributed by atoms with Crippen molar-refractivity contribution in [3.63, 3.8) is 0 Å². The summed E-state index contributed by atoms with van der Waals surface area (Å²) in [6.45, 7) is 2.70. The average molecular weight is 410 g/mol. The van der Waals surface area contributed by atoms with E-state index in [9.17, 15) is 4.79 Å². The van der Waals surface area contributed by atoms with Gasteiger partial charge in [-0.25, -0.2) is 0 Å². The first-order valence-corrected chi connectivity index (χ1v) is 10.8. The number of hydrogen-bond donors (Lipinski definition) is 0. The molecule has 0 radical (unpaired) electrons. The molecule has 142 valence electrons. The maximum Gasteiger partial charge on any atom is 0.200 e. The number of carbonyl (C=O) groups is 1. The Morgan fingerprint density at radius 1 is 1.11 bits per heavy atom. The zero-order chi connectivity index (χ0) is 19.3. The van der Waals surface area contributed by atoms with Crippen LogP contribution in [0.4, 0.5) is 0 Å². The average Bonchev–Trinajstić information content (AvgIpc) is 3.47. The third kappa shape index (κ3) is 4.10. The van der Waals surface area contributed by atoms with Gasteiger partial charge < -0.3 is 4.42 Å². The van der Waals surface area contributed by atoms with Gasteiger partial charge in [0.25, 0.3) is 0 Å². The Bertz CT molecular complexity index is 1050. The number of rotatable bonds is 8. The SMILES string of the molecule is CCc1ccc(C(=O)CSc2nnc(-c3ccco3)n2Cc2ccccc2)s1. The monoisotopic (exact) mass is 409 g/mol. The largest absolute Gasteiger partial charge is 0.461 e. The van der Waals surface area contributed by atoms with Crippen molar-refractivity contribution in [2.24, 2.45) is 0 Å². The minimum absolute atomic E-state index is 0.114. The van der Waals surface area contributed by atoms with Gasteiger partial charge in [0.2, 0.25) is 5.82 Å². The van der Waals surface area contributed by atoms with Gasteiger partial charge >= 0.3 is 0 Å². The number of hydrogen-bond acceptors (Lipinski definition) is 6. The highest BCUT2D eigenvalue weighted by molar-refractivity contribution is 7.99. The molecule has 0 bridgehead atoms. The molecule has 3 heterocycles. The number of thiophene rings is 1. The Kier molecular flexibility index (Phi) is 5.73. The van der Waals surface area contributed by atoms with Crippen molar-refractivity contribution in [3.05, 3.63) is 76.2 Å². The lowest BCUT2D eigenvalue weighted by atomic mass is 10.2. The van der Waals surface area contributed by atoms with Crippen LogP contribution in [0.1, 0.15) is 27.0 Å². The molecule has 0 unspecified atom stereocenters. The summed E-state index contributed by atoms with van der Waals surface area (Å²) in [5.41, 5.74) is 1.13. The van der Waals surface area contributed by atoms with Gasteiger partial charge in [-0.1, -0.05) is 49.0 Å². The van der Waals surface area contributed by atoms with Crippen LogP contribution in [-0.4, -0.2) is 26.3 Å². The lowest BCUT2D eigenvalue weighted by molar-refractivity contribution is 0.102. The zero-order valence-electron chi connectivity index (χ0n) is 15.4. The van der Waals surface area contributed by atoms with Crippen LogP contribution < -0.4 is 0 Å². The third-order valence-electron chi connectivity index (χ3n) is 4.26. The Hall–Kier alpha value is -2.64. The molecule has 0 amide bonds. The van der Waals surface area contributed by atoms with E-state index in [4.69, 9.17) is 4.42 Å². The predicted molar refractivity (Wildman–Crippen MR) is 112 cm³/mol. The molecular weight excluding hydrogens is 390 g/mol. The Morgan fingerprint density at radius 2 is 1.96 bits per heavy atom. The highest BCUT2D eigenvalue weighted by Crippen LogP contribution is 2.27. The standard InChI is InChI=1S/C21H19N3O2S2/c1-2-16-10-11-19(28-16)17(25)14-27-21-23-22-20(18-9-6-12-26-18)24(21)13-15-7-4-3-5-8-15/h3-12H,2,13-14H2,1H3. The summed E-state index contributed by atoms with van der Waals surface area (Å²) in [4.78, 5) is 14.6. The fourth-order valence-corrected chi connectivity index (χ4v) is 4.61. The highest BCUT2D eigenvalue weighted by Gasteiger charge is 2.18. The molecule has 0 spiro atoms. The maximum absolute atomic E-state index is 12.6. The van der Waals surface area contributed by atoms with Crippen LogP contribution in [0.15, 0.2) is 70.4 Å². The Balaban J connectivity index is 1.57. The third-order valence-corrected chi connectivity index (χ3v) is 6.50. The first-order chi connectivity index (χ1) is 13.7. The first-order valence-electron chi connectivity index (χ1n) is 9.00. The van der Waals surface area contributed by atoms with Crippen LogP contribution in [-0.2, 0) is 13.0 Å². The molecule has 0 N–H and O–H groups in total. The number of ketones is 1. The molecule has 0 atom stereocenters. The second-order valence-electron chi connectivity index (χ2n) is 6.19. The number of nitrogens with zero attached hydrogens (tertiary/aromatic N) is 3. The normalized spacial score (nSPS) is 11.0. The molecule has 3 aromatic heterocycles. The second kappa shape index (κ2) is 8.58. The summed E-state index contributed by atoms with van der Waals surface area (Å²) in [5.74, 6) is 1.76. The fraction of sp³-hybridized carbons (Fsp3) is 0.190. The zero-order valence-corrected chi connectivity index (χ0v) is 17.0. The van der Waals surface area contributed by atoms with Crippen LogP contribution in [0.5, 0.6) is 0 Å². The molecule has 0 aliphatic carbocycles. The lowest BCUT2D eigenvalue weighted by Crippen LogP contribution is -2.06. The molecule has 0 aliphatic rings. The van der Waals surface area contributed by atoms with E-state index in [2.05, 4.69) is 29.3 Å². The number of aryl methyl sites for hydroxylation is 1. The second-order valence-corrected chi connectivity index (χ2v) is 8.30. The molecule has 0 saturated heterocycles. The van der Waals surface area contributed by atoms with Gasteiger partial charge in [0.15, 0.2) is 16.7 Å². The summed E-state index contributed by atoms with van der Waals surface area (Å²) < 4.78 is 7.52. The van der Waals surface area contributed by atoms with E-state index < -0.39 is 0 Å². The van der Waals surface area contributed by atoms with Crippen molar-refractivity contribution in [1.82, 2.24) is 14.8 Å². The van der Waals surface area contributed by atoms with E-state index >= 15 is 0 Å². The molecule has 0 aliphatic heterocycles. The Morgan fingerprint density at radius 3 is 2.68 bits per heavy atom. The molecule has 4 aromatic rings. The van der Waals surface area contributed by atoms with Crippen molar-refractivity contribution in [1.29, 1.82) is 0 Å². The van der Waals surface area contributed by atoms with Gasteiger partial charge in [-0.3, -0.25) is 9.36 Å². The number of Topliss-reactive ketones (excluding diaryl/α,β-unsaturated/α-hetero) is 1. The van der Waals surface area contributed by atoms with E-state index in [0.717, 1.165) is 16.9 Å². The van der Waals surface area contributed by atoms with Crippen LogP contribution in [0.25, 0.3) is 11.6 Å². The summed E-state index contributed by atoms with van der Waals surface area (Å²) in [6.07, 6.45) is 2.57. The number of carbonyl (C=O) groups excluding carboxylic acids is 1. The quantitative estimate of drug-likeness (QED) is 0.296. The van der Waals surface area contributed by atoms with Crippen LogP contribution in [0.3, 0.4) is 0 Å². The topological polar surface area (TPSA) is 60.9 Å². The minimum Gasteiger partial charge on any atom is -0.461 e. The molecule has 0 fully saturated rings. The van der Waals surface area contributed by atoms with Crippen LogP contribution >= 0.6 is 23.1 Å². The van der Waals surface area contributed by atoms with E-state index in [-0.39, 0.29) is 5.78 Å². The van der Waals surface area contributed by atoms with E-state index in [0.29, 0.717) is 29.0 Å². The van der Waals surface area contributed by atoms with E-state index in [1.165, 1.54) is 16.6 Å². The van der Waals surface area contributed by atoms with Gasteiger partial charge in [-0.05, 0) is 36.2 Å². The van der Waals surface area contributed by atoms with Crippen LogP contribution in [0.2, 0.25) is 0 Å². The van der Waals surface area contributed by atoms with Gasteiger partial charge in [-0.2, -0.15) is 0 Å². The molecule has 28 heavy (non-hydrogen) atoms. The van der Waals surface area contributed by atoms with Gasteiger partial charge in [0.05, 0.1) is 23.4 Å². The first kappa shape index (κ1) is 18.7. The maximum atomic E-state index is 12.6. The summed E-state index contributed by atoms with van der Waals surface area (Å²) in [6, 6.07) is 17.7. The molecule has 4 rings (SSSR count). The van der Waals surface area contributed by atoms with Crippen molar-refractivity contribution in [2.45, 2.75) is 25.0 Å². The molecular formula is C21H19N3O2S2. The summed E-state index contributed by atoms with van der Waals surface area (Å²) >= 11 is 2.97. The number of aromatic nitrogens is 3. The summed E-state index contributed by atoms with van der Waals surface area (Å²) in [7, 11) is 0. The summed E-state index contributed by atoms with van der Waals surface area (Å²) in [5, 5.41) is 9.34. The van der Waals surface area contributed by atoms with Crippen molar-refractivity contribution in [3.8, 4) is 11.6 Å². The van der Waals surface area contributed by atoms with Gasteiger partial charge in [-0.15, -0.1) is 21.5 Å². The van der Waals surface area contributed by atoms with Crippen molar-refractivity contribution < 1.29 is 9.21 Å². The van der Waals surface area contributed by atoms with Crippen molar-refractivity contribution in [2.75, 3.05) is 5.75 Å².